The summed E-state index contributed by atoms with van der Waals surface area (Å²) in [6.45, 7) is 3.89. The van der Waals surface area contributed by atoms with Gasteiger partial charge in [0.2, 0.25) is 13.3 Å². The number of aryl methyl sites for hydroxylation is 1. The van der Waals surface area contributed by atoms with Gasteiger partial charge in [-0.3, -0.25) is 9.36 Å². The van der Waals surface area contributed by atoms with E-state index in [1.54, 1.807) is 0 Å². The summed E-state index contributed by atoms with van der Waals surface area (Å²) >= 11 is 0. The summed E-state index contributed by atoms with van der Waals surface area (Å²) < 4.78 is 18.2. The number of H-pyrrole nitrogens is 1. The average Bonchev–Trinajstić information content (AvgIpc) is 3.28. The molecule has 9 heteroatoms. The first-order valence-electron chi connectivity index (χ1n) is 12.6. The second-order valence-electron chi connectivity index (χ2n) is 10.0. The van der Waals surface area contributed by atoms with Crippen molar-refractivity contribution in [3.05, 3.63) is 71.9 Å². The molecule has 0 fully saturated rings. The molecule has 0 spiro atoms. The molecule has 1 heterocycles. The number of fused-ring (bicyclic) bond motifs is 1. The van der Waals surface area contributed by atoms with Gasteiger partial charge in [-0.25, -0.2) is 4.79 Å². The molecule has 8 nitrogen and oxygen atoms in total. The summed E-state index contributed by atoms with van der Waals surface area (Å²) in [5, 5.41) is 3.75. The maximum absolute atomic E-state index is 13.4. The lowest BCUT2D eigenvalue weighted by molar-refractivity contribution is -0.145. The highest BCUT2D eigenvalue weighted by Gasteiger charge is 2.36. The topological polar surface area (TPSA) is 135 Å². The lowest BCUT2D eigenvalue weighted by Gasteiger charge is -2.26. The molecule has 0 radical (unpaired) electrons. The zero-order chi connectivity index (χ0) is 27.0. The Balaban J connectivity index is 1.72. The molecule has 200 valence electrons. The number of ether oxygens (including phenoxy) is 1. The molecule has 5 N–H and O–H groups in total. The first-order chi connectivity index (χ1) is 17.6. The third kappa shape index (κ3) is 8.03. The van der Waals surface area contributed by atoms with E-state index < -0.39 is 37.0 Å². The minimum Gasteiger partial charge on any atom is -0.467 e. The van der Waals surface area contributed by atoms with Gasteiger partial charge >= 0.3 is 5.97 Å². The van der Waals surface area contributed by atoms with Crippen molar-refractivity contribution in [2.24, 2.45) is 17.6 Å². The number of benzene rings is 2. The summed E-state index contributed by atoms with van der Waals surface area (Å²) in [5.74, 6) is -2.64. The van der Waals surface area contributed by atoms with Crippen molar-refractivity contribution < 1.29 is 23.8 Å². The van der Waals surface area contributed by atoms with E-state index >= 15 is 0 Å². The third-order valence-corrected chi connectivity index (χ3v) is 8.86. The summed E-state index contributed by atoms with van der Waals surface area (Å²) in [6.07, 6.45) is 3.09. The van der Waals surface area contributed by atoms with Crippen LogP contribution in [0.4, 0.5) is 0 Å². The number of methoxy groups -OCH3 is 1. The average molecular weight is 528 g/mol. The van der Waals surface area contributed by atoms with E-state index in [1.807, 2.05) is 74.6 Å². The molecule has 3 aromatic rings. The fourth-order valence-corrected chi connectivity index (χ4v) is 6.34. The number of esters is 1. The Labute approximate surface area is 218 Å². The molecule has 0 aliphatic carbocycles. The van der Waals surface area contributed by atoms with Gasteiger partial charge in [-0.05, 0) is 42.4 Å². The van der Waals surface area contributed by atoms with E-state index in [9.17, 15) is 19.0 Å². The standard InChI is InChI=1S/C28H38N3O5P/c1-19(2)15-22(18-37(34,35)26(29)14-13-20-9-5-4-6-10-20)27(32)31-25(28(33)36-3)16-21-17-30-24-12-8-7-11-23(21)24/h4-12,17,19,22,25-26,30H,13-16,18,29H2,1-3H3,(H,31,32)(H,34,35)/t22-,25+,26-/m1/s1. The van der Waals surface area contributed by atoms with Gasteiger partial charge in [0, 0.05) is 35.6 Å². The SMILES string of the molecule is COC(=O)[C@H](Cc1c[nH]c2ccccc12)NC(=O)[C@H](CC(C)C)CP(=O)(O)[C@@H](N)CCc1ccccc1. The normalized spacial score (nSPS) is 15.6. The molecule has 1 unspecified atom stereocenters. The molecule has 0 saturated carbocycles. The van der Waals surface area contributed by atoms with Gasteiger partial charge in [0.15, 0.2) is 0 Å². The minimum absolute atomic E-state index is 0.0986. The monoisotopic (exact) mass is 527 g/mol. The molecule has 1 amide bonds. The second-order valence-corrected chi connectivity index (χ2v) is 12.5. The predicted molar refractivity (Wildman–Crippen MR) is 146 cm³/mol. The second kappa shape index (κ2) is 13.0. The Morgan fingerprint density at radius 1 is 1.11 bits per heavy atom. The highest BCUT2D eigenvalue weighted by Crippen LogP contribution is 2.48. The number of carbonyl (C=O) groups is 2. The van der Waals surface area contributed by atoms with Crippen LogP contribution in [0.25, 0.3) is 10.9 Å². The molecular weight excluding hydrogens is 489 g/mol. The van der Waals surface area contributed by atoms with Crippen LogP contribution in [-0.2, 0) is 31.7 Å². The molecule has 2 aromatic carbocycles. The van der Waals surface area contributed by atoms with Crippen molar-refractivity contribution in [1.29, 1.82) is 0 Å². The number of amides is 1. The van der Waals surface area contributed by atoms with Crippen LogP contribution >= 0.6 is 7.37 Å². The van der Waals surface area contributed by atoms with Gasteiger partial charge in [-0.15, -0.1) is 0 Å². The predicted octanol–water partition coefficient (Wildman–Crippen LogP) is 4.22. The number of para-hydroxylation sites is 1. The van der Waals surface area contributed by atoms with Crippen molar-refractivity contribution >= 4 is 30.1 Å². The molecule has 4 atom stereocenters. The zero-order valence-electron chi connectivity index (χ0n) is 21.7. The maximum atomic E-state index is 13.4. The van der Waals surface area contributed by atoms with Gasteiger partial charge in [0.1, 0.15) is 6.04 Å². The largest absolute Gasteiger partial charge is 0.467 e. The van der Waals surface area contributed by atoms with E-state index in [0.29, 0.717) is 19.3 Å². The van der Waals surface area contributed by atoms with Crippen LogP contribution in [-0.4, -0.2) is 46.9 Å². The molecule has 0 bridgehead atoms. The van der Waals surface area contributed by atoms with Crippen molar-refractivity contribution in [2.45, 2.75) is 51.4 Å². The van der Waals surface area contributed by atoms with Crippen molar-refractivity contribution in [3.63, 3.8) is 0 Å². The third-order valence-electron chi connectivity index (χ3n) is 6.60. The number of rotatable bonds is 13. The number of nitrogens with two attached hydrogens (primary N) is 1. The lowest BCUT2D eigenvalue weighted by Crippen LogP contribution is -2.46. The molecule has 0 aliphatic rings. The Bertz CT molecular complexity index is 1230. The van der Waals surface area contributed by atoms with Crippen LogP contribution in [0.5, 0.6) is 0 Å². The molecule has 37 heavy (non-hydrogen) atoms. The smallest absolute Gasteiger partial charge is 0.328 e. The van der Waals surface area contributed by atoms with Crippen LogP contribution < -0.4 is 11.1 Å². The molecule has 1 aromatic heterocycles. The van der Waals surface area contributed by atoms with Crippen LogP contribution in [0.3, 0.4) is 0 Å². The highest BCUT2D eigenvalue weighted by molar-refractivity contribution is 7.58. The Morgan fingerprint density at radius 2 is 1.78 bits per heavy atom. The summed E-state index contributed by atoms with van der Waals surface area (Å²) in [6, 6.07) is 16.4. The summed E-state index contributed by atoms with van der Waals surface area (Å²) in [5.41, 5.74) is 9.00. The first kappa shape index (κ1) is 28.6. The van der Waals surface area contributed by atoms with Gasteiger partial charge in [-0.2, -0.15) is 0 Å². The van der Waals surface area contributed by atoms with E-state index in [0.717, 1.165) is 22.0 Å². The summed E-state index contributed by atoms with van der Waals surface area (Å²) in [7, 11) is -2.58. The molecule has 0 saturated heterocycles. The quantitative estimate of drug-likeness (QED) is 0.194. The zero-order valence-corrected chi connectivity index (χ0v) is 22.6. The van der Waals surface area contributed by atoms with Gasteiger partial charge < -0.3 is 25.7 Å². The van der Waals surface area contributed by atoms with E-state index in [4.69, 9.17) is 10.5 Å². The number of nitrogens with one attached hydrogen (secondary N) is 2. The van der Waals surface area contributed by atoms with E-state index in [-0.39, 0.29) is 18.5 Å². The lowest BCUT2D eigenvalue weighted by atomic mass is 9.97. The number of carbonyl (C=O) groups excluding carboxylic acids is 2. The van der Waals surface area contributed by atoms with E-state index in [2.05, 4.69) is 10.3 Å². The fourth-order valence-electron chi connectivity index (χ4n) is 4.59. The van der Waals surface area contributed by atoms with Crippen LogP contribution in [0, 0.1) is 11.8 Å². The Morgan fingerprint density at radius 3 is 2.46 bits per heavy atom. The number of hydrogen-bond acceptors (Lipinski definition) is 5. The van der Waals surface area contributed by atoms with Gasteiger partial charge in [0.25, 0.3) is 0 Å². The van der Waals surface area contributed by atoms with Crippen LogP contribution in [0.1, 0.15) is 37.8 Å². The Kier molecular flexibility index (Phi) is 10.1. The first-order valence-corrected chi connectivity index (χ1v) is 14.6. The number of aromatic amines is 1. The number of aromatic nitrogens is 1. The van der Waals surface area contributed by atoms with Crippen molar-refractivity contribution in [1.82, 2.24) is 10.3 Å². The molecular formula is C28H38N3O5P. The highest BCUT2D eigenvalue weighted by atomic mass is 31.2. The Hall–Kier alpha value is -2.93. The van der Waals surface area contributed by atoms with Crippen LogP contribution in [0.2, 0.25) is 0 Å². The minimum atomic E-state index is -3.85. The van der Waals surface area contributed by atoms with E-state index in [1.165, 1.54) is 7.11 Å². The molecule has 0 aliphatic heterocycles. The van der Waals surface area contributed by atoms with Crippen molar-refractivity contribution in [2.75, 3.05) is 13.3 Å². The molecule has 3 rings (SSSR count). The van der Waals surface area contributed by atoms with Gasteiger partial charge in [0.05, 0.1) is 12.9 Å². The summed E-state index contributed by atoms with van der Waals surface area (Å²) in [4.78, 5) is 40.0. The van der Waals surface area contributed by atoms with Gasteiger partial charge in [-0.1, -0.05) is 62.4 Å². The van der Waals surface area contributed by atoms with Crippen molar-refractivity contribution in [3.8, 4) is 0 Å². The van der Waals surface area contributed by atoms with Crippen LogP contribution in [0.15, 0.2) is 60.8 Å². The fraction of sp³-hybridized carbons (Fsp3) is 0.429. The maximum Gasteiger partial charge on any atom is 0.328 e. The number of hydrogen-bond donors (Lipinski definition) is 4.